The van der Waals surface area contributed by atoms with Crippen molar-refractivity contribution in [1.29, 1.82) is 0 Å². The molecule has 0 amide bonds. The molecule has 0 aliphatic rings. The number of nitrogens with one attached hydrogen (secondary N) is 1. The molecule has 2 N–H and O–H groups in total. The van der Waals surface area contributed by atoms with Crippen LogP contribution >= 0.6 is 0 Å². The Kier molecular flexibility index (Phi) is 8.15. The van der Waals surface area contributed by atoms with Crippen molar-refractivity contribution in [3.8, 4) is 5.75 Å². The molecule has 3 aromatic rings. The zero-order valence-electron chi connectivity index (χ0n) is 17.4. The fourth-order valence-corrected chi connectivity index (χ4v) is 3.32. The number of Topliss-reactive ketones (excluding diaryl/α,β-unsaturated/α-hetero) is 1. The Bertz CT molecular complexity index is 947. The van der Waals surface area contributed by atoms with Crippen LogP contribution in [-0.4, -0.2) is 34.1 Å². The van der Waals surface area contributed by atoms with Crippen molar-refractivity contribution >= 4 is 22.5 Å². The lowest BCUT2D eigenvalue weighted by Gasteiger charge is -2.16. The Morgan fingerprint density at radius 2 is 1.87 bits per heavy atom. The minimum atomic E-state index is -0.351. The van der Waals surface area contributed by atoms with Crippen LogP contribution in [0.1, 0.15) is 50.6 Å². The molecule has 1 heterocycles. The number of aliphatic hydroxyl groups excluding tert-OH is 1. The minimum Gasteiger partial charge on any atom is -0.494 e. The summed E-state index contributed by atoms with van der Waals surface area (Å²) in [6.45, 7) is 2.38. The average Bonchev–Trinajstić information content (AvgIpc) is 2.79. The molecule has 0 radical (unpaired) electrons. The Morgan fingerprint density at radius 3 is 2.67 bits per heavy atom. The summed E-state index contributed by atoms with van der Waals surface area (Å²) in [5.41, 5.74) is 2.06. The molecule has 0 fully saturated rings. The Labute approximate surface area is 177 Å². The largest absolute Gasteiger partial charge is 0.494 e. The molecule has 158 valence electrons. The smallest absolute Gasteiger partial charge is 0.158 e. The third kappa shape index (κ3) is 6.26. The van der Waals surface area contributed by atoms with Crippen molar-refractivity contribution in [3.63, 3.8) is 0 Å². The summed E-state index contributed by atoms with van der Waals surface area (Å²) in [5.74, 6) is 1.49. The molecular formula is C24H29N3O3. The third-order valence-electron chi connectivity index (χ3n) is 5.05. The molecule has 6 heteroatoms. The molecule has 30 heavy (non-hydrogen) atoms. The fourth-order valence-electron chi connectivity index (χ4n) is 3.32. The number of nitrogens with zero attached hydrogens (tertiary/aromatic N) is 2. The lowest BCUT2D eigenvalue weighted by Crippen LogP contribution is -2.08. The quantitative estimate of drug-likeness (QED) is 0.424. The molecule has 1 atom stereocenters. The summed E-state index contributed by atoms with van der Waals surface area (Å²) < 4.78 is 5.92. The summed E-state index contributed by atoms with van der Waals surface area (Å²) in [6.07, 6.45) is 5.74. The Morgan fingerprint density at radius 1 is 1.07 bits per heavy atom. The van der Waals surface area contributed by atoms with Gasteiger partial charge >= 0.3 is 0 Å². The summed E-state index contributed by atoms with van der Waals surface area (Å²) >= 11 is 0. The number of anilines is 1. The molecule has 3 rings (SSSR count). The van der Waals surface area contributed by atoms with Gasteiger partial charge in [-0.3, -0.25) is 4.79 Å². The van der Waals surface area contributed by atoms with Crippen LogP contribution in [0, 0.1) is 0 Å². The van der Waals surface area contributed by atoms with Crippen molar-refractivity contribution in [3.05, 3.63) is 60.4 Å². The molecule has 0 saturated carbocycles. The van der Waals surface area contributed by atoms with E-state index in [0.29, 0.717) is 13.0 Å². The van der Waals surface area contributed by atoms with Crippen LogP contribution in [0.4, 0.5) is 5.82 Å². The average molecular weight is 408 g/mol. The first kappa shape index (κ1) is 21.7. The number of hydrogen-bond donors (Lipinski definition) is 2. The highest BCUT2D eigenvalue weighted by atomic mass is 16.5. The second-order valence-corrected chi connectivity index (χ2v) is 7.39. The van der Waals surface area contributed by atoms with Gasteiger partial charge in [-0.25, -0.2) is 9.97 Å². The summed E-state index contributed by atoms with van der Waals surface area (Å²) in [5, 5.41) is 13.1. The number of fused-ring (bicyclic) bond motifs is 1. The lowest BCUT2D eigenvalue weighted by molar-refractivity contribution is -0.121. The van der Waals surface area contributed by atoms with Crippen LogP contribution in [0.3, 0.4) is 0 Å². The maximum atomic E-state index is 11.1. The van der Waals surface area contributed by atoms with E-state index in [2.05, 4.69) is 34.3 Å². The zero-order chi connectivity index (χ0) is 21.2. The number of unbranched alkanes of at least 4 members (excludes halogenated alkanes) is 3. The van der Waals surface area contributed by atoms with E-state index in [9.17, 15) is 4.79 Å². The standard InChI is InChI=1S/C24H29N3O3/c1-18(19-9-5-4-6-10-19)27-24-22-15-21(12-13-23(22)25-17-26-24)30-14-8-3-2-7-11-20(29)16-28/h4-6,9-10,12-13,15,17-18,28H,2-3,7-8,11,14,16H2,1H3,(H,25,26,27)/t18-/m1/s1. The van der Waals surface area contributed by atoms with Crippen molar-refractivity contribution < 1.29 is 14.6 Å². The van der Waals surface area contributed by atoms with Gasteiger partial charge in [-0.05, 0) is 43.5 Å². The van der Waals surface area contributed by atoms with Gasteiger partial charge in [0.15, 0.2) is 5.78 Å². The lowest BCUT2D eigenvalue weighted by atomic mass is 10.1. The number of aliphatic hydroxyl groups is 1. The Balaban J connectivity index is 1.56. The van der Waals surface area contributed by atoms with Crippen LogP contribution in [0.2, 0.25) is 0 Å². The highest BCUT2D eigenvalue weighted by Gasteiger charge is 2.10. The summed E-state index contributed by atoms with van der Waals surface area (Å²) in [4.78, 5) is 19.9. The molecule has 6 nitrogen and oxygen atoms in total. The maximum Gasteiger partial charge on any atom is 0.158 e. The van der Waals surface area contributed by atoms with Crippen LogP contribution in [0.5, 0.6) is 5.75 Å². The Hall–Kier alpha value is -2.99. The highest BCUT2D eigenvalue weighted by molar-refractivity contribution is 5.90. The van der Waals surface area contributed by atoms with Gasteiger partial charge in [0.05, 0.1) is 12.1 Å². The molecule has 0 spiro atoms. The minimum absolute atomic E-state index is 0.0874. The number of ketones is 1. The van der Waals surface area contributed by atoms with Gasteiger partial charge in [-0.15, -0.1) is 0 Å². The first-order chi connectivity index (χ1) is 14.7. The van der Waals surface area contributed by atoms with E-state index >= 15 is 0 Å². The van der Waals surface area contributed by atoms with E-state index in [-0.39, 0.29) is 18.4 Å². The van der Waals surface area contributed by atoms with E-state index in [1.54, 1.807) is 6.33 Å². The predicted molar refractivity (Wildman–Crippen MR) is 119 cm³/mol. The van der Waals surface area contributed by atoms with E-state index in [1.165, 1.54) is 5.56 Å². The fraction of sp³-hybridized carbons (Fsp3) is 0.375. The van der Waals surface area contributed by atoms with E-state index in [1.807, 2.05) is 36.4 Å². The van der Waals surface area contributed by atoms with Gasteiger partial charge < -0.3 is 15.2 Å². The molecular weight excluding hydrogens is 378 g/mol. The summed E-state index contributed by atoms with van der Waals surface area (Å²) in [6, 6.07) is 16.2. The second-order valence-electron chi connectivity index (χ2n) is 7.39. The van der Waals surface area contributed by atoms with Gasteiger partial charge in [-0.1, -0.05) is 43.2 Å². The van der Waals surface area contributed by atoms with E-state index in [4.69, 9.17) is 9.84 Å². The molecule has 0 aliphatic heterocycles. The number of carbonyl (C=O) groups excluding carboxylic acids is 1. The number of carbonyl (C=O) groups is 1. The molecule has 0 bridgehead atoms. The molecule has 1 aromatic heterocycles. The number of benzene rings is 2. The zero-order valence-corrected chi connectivity index (χ0v) is 17.4. The predicted octanol–water partition coefficient (Wildman–Crippen LogP) is 4.69. The van der Waals surface area contributed by atoms with Gasteiger partial charge in [0.1, 0.15) is 24.5 Å². The highest BCUT2D eigenvalue weighted by Crippen LogP contribution is 2.27. The number of rotatable bonds is 12. The van der Waals surface area contributed by atoms with Gasteiger partial charge in [0.25, 0.3) is 0 Å². The van der Waals surface area contributed by atoms with Crippen LogP contribution in [0.15, 0.2) is 54.9 Å². The van der Waals surface area contributed by atoms with Crippen molar-refractivity contribution in [2.45, 2.75) is 45.1 Å². The SMILES string of the molecule is C[C@@H](Nc1ncnc2ccc(OCCCCCCC(=O)CO)cc12)c1ccccc1. The molecule has 0 saturated heterocycles. The van der Waals surface area contributed by atoms with Crippen LogP contribution in [-0.2, 0) is 4.79 Å². The first-order valence-electron chi connectivity index (χ1n) is 10.5. The van der Waals surface area contributed by atoms with Crippen molar-refractivity contribution in [2.24, 2.45) is 0 Å². The first-order valence-corrected chi connectivity index (χ1v) is 10.5. The molecule has 0 unspecified atom stereocenters. The van der Waals surface area contributed by atoms with Gasteiger partial charge in [0.2, 0.25) is 0 Å². The van der Waals surface area contributed by atoms with Gasteiger partial charge in [0, 0.05) is 17.8 Å². The van der Waals surface area contributed by atoms with E-state index < -0.39 is 0 Å². The van der Waals surface area contributed by atoms with Gasteiger partial charge in [-0.2, -0.15) is 0 Å². The third-order valence-corrected chi connectivity index (χ3v) is 5.05. The van der Waals surface area contributed by atoms with Crippen molar-refractivity contribution in [1.82, 2.24) is 9.97 Å². The topological polar surface area (TPSA) is 84.3 Å². The molecule has 0 aliphatic carbocycles. The maximum absolute atomic E-state index is 11.1. The van der Waals surface area contributed by atoms with E-state index in [0.717, 1.165) is 48.2 Å². The number of hydrogen-bond acceptors (Lipinski definition) is 6. The van der Waals surface area contributed by atoms with Crippen LogP contribution < -0.4 is 10.1 Å². The number of aromatic nitrogens is 2. The second kappa shape index (κ2) is 11.3. The van der Waals surface area contributed by atoms with Crippen LogP contribution in [0.25, 0.3) is 10.9 Å². The normalized spacial score (nSPS) is 11.9. The molecule has 2 aromatic carbocycles. The van der Waals surface area contributed by atoms with Crippen molar-refractivity contribution in [2.75, 3.05) is 18.5 Å². The summed E-state index contributed by atoms with van der Waals surface area (Å²) in [7, 11) is 0. The number of ether oxygens (including phenoxy) is 1. The monoisotopic (exact) mass is 407 g/mol.